The molecule has 5 nitrogen and oxygen atoms in total. The first kappa shape index (κ1) is 53.3. The summed E-state index contributed by atoms with van der Waals surface area (Å²) >= 11 is 0. The molecule has 6 heteroatoms. The fourth-order valence-electron chi connectivity index (χ4n) is 13.2. The van der Waals surface area contributed by atoms with Gasteiger partial charge in [-0.05, 0) is 188 Å². The summed E-state index contributed by atoms with van der Waals surface area (Å²) in [5.41, 5.74) is 22.1. The van der Waals surface area contributed by atoms with Gasteiger partial charge in [0.1, 0.15) is 22.7 Å². The van der Waals surface area contributed by atoms with E-state index in [0.29, 0.717) is 5.92 Å². The Morgan fingerprint density at radius 3 is 1.55 bits per heavy atom. The standard InChI is InChI=1S/C78H74BN3O2/c1-75(2,3)55-26-35-59(36-27-55)80(62-34-25-50-41-54(22-21-51(50)42-62)73-44-53-18-14-16-20-71(53)84-73)63-47-68-74-69(48-63)82(61-37-28-56(29-38-61)76(4,5)6)67-40-31-58(78(10,11)12)46-65(67)79(74)64-45-57(77(7,8)9)30-39-66(64)81(68)60-32-23-49(24-33-60)72-43-52-17-13-15-19-70(52)83-72/h13-44,46-48,57H,45H2,1-12H3. The van der Waals surface area contributed by atoms with Crippen LogP contribution in [-0.2, 0) is 16.2 Å². The van der Waals surface area contributed by atoms with E-state index < -0.39 is 0 Å². The van der Waals surface area contributed by atoms with Crippen molar-refractivity contribution < 1.29 is 8.83 Å². The molecule has 11 aromatic rings. The average Bonchev–Trinajstić information content (AvgIpc) is 0.918. The maximum Gasteiger partial charge on any atom is 0.247 e. The van der Waals surface area contributed by atoms with E-state index in [4.69, 9.17) is 8.83 Å². The van der Waals surface area contributed by atoms with E-state index >= 15 is 0 Å². The highest BCUT2D eigenvalue weighted by molar-refractivity contribution is 6.95. The Morgan fingerprint density at radius 1 is 0.429 bits per heavy atom. The lowest BCUT2D eigenvalue weighted by atomic mass is 9.31. The molecule has 4 heterocycles. The highest BCUT2D eigenvalue weighted by Gasteiger charge is 2.47. The molecule has 0 fully saturated rings. The first-order chi connectivity index (χ1) is 40.1. The third-order valence-electron chi connectivity index (χ3n) is 18.2. The molecule has 0 spiro atoms. The molecule has 1 aliphatic carbocycles. The number of hydrogen-bond donors (Lipinski definition) is 0. The van der Waals surface area contributed by atoms with E-state index in [2.05, 4.69) is 286 Å². The van der Waals surface area contributed by atoms with Crippen LogP contribution in [0, 0.1) is 11.3 Å². The molecule has 0 bridgehead atoms. The maximum absolute atomic E-state index is 6.49. The van der Waals surface area contributed by atoms with Crippen LogP contribution in [0.4, 0.5) is 45.5 Å². The van der Waals surface area contributed by atoms with Gasteiger partial charge in [0.05, 0.1) is 5.69 Å². The zero-order valence-electron chi connectivity index (χ0n) is 50.7. The molecule has 0 radical (unpaired) electrons. The molecule has 2 aromatic heterocycles. The Kier molecular flexibility index (Phi) is 12.3. The van der Waals surface area contributed by atoms with Crippen LogP contribution in [0.1, 0.15) is 106 Å². The summed E-state index contributed by atoms with van der Waals surface area (Å²) in [4.78, 5) is 7.66. The highest BCUT2D eigenvalue weighted by atomic mass is 16.3. The number of para-hydroxylation sites is 2. The average molecular weight is 1100 g/mol. The maximum atomic E-state index is 6.49. The van der Waals surface area contributed by atoms with Gasteiger partial charge in [-0.2, -0.15) is 0 Å². The van der Waals surface area contributed by atoms with Crippen LogP contribution < -0.4 is 25.6 Å². The minimum absolute atomic E-state index is 0.0105. The van der Waals surface area contributed by atoms with Crippen molar-refractivity contribution in [2.75, 3.05) is 14.7 Å². The number of allylic oxidation sites excluding steroid dienone is 3. The fourth-order valence-corrected chi connectivity index (χ4v) is 13.2. The summed E-state index contributed by atoms with van der Waals surface area (Å²) < 4.78 is 12.9. The first-order valence-corrected chi connectivity index (χ1v) is 30.1. The molecule has 0 amide bonds. The molecule has 14 rings (SSSR count). The second kappa shape index (κ2) is 19.4. The smallest absolute Gasteiger partial charge is 0.247 e. The van der Waals surface area contributed by atoms with Crippen molar-refractivity contribution in [2.24, 2.45) is 11.3 Å². The number of hydrogen-bond acceptors (Lipinski definition) is 5. The van der Waals surface area contributed by atoms with Gasteiger partial charge >= 0.3 is 0 Å². The molecule has 1 unspecified atom stereocenters. The number of nitrogens with zero attached hydrogens (tertiary/aromatic N) is 3. The van der Waals surface area contributed by atoms with Crippen LogP contribution in [-0.4, -0.2) is 6.71 Å². The van der Waals surface area contributed by atoms with Gasteiger partial charge in [-0.1, -0.05) is 186 Å². The highest BCUT2D eigenvalue weighted by Crippen LogP contribution is 2.52. The van der Waals surface area contributed by atoms with Gasteiger partial charge in [0.25, 0.3) is 0 Å². The molecule has 0 saturated heterocycles. The van der Waals surface area contributed by atoms with Crippen molar-refractivity contribution in [1.82, 2.24) is 0 Å². The molecule has 416 valence electrons. The molecular weight excluding hydrogens is 1020 g/mol. The molecule has 0 saturated carbocycles. The Labute approximate surface area is 496 Å². The molecule has 84 heavy (non-hydrogen) atoms. The van der Waals surface area contributed by atoms with Crippen molar-refractivity contribution in [1.29, 1.82) is 0 Å². The Balaban J connectivity index is 1.04. The van der Waals surface area contributed by atoms with Crippen molar-refractivity contribution in [3.05, 3.63) is 240 Å². The fraction of sp³-hybridized carbons (Fsp3) is 0.231. The van der Waals surface area contributed by atoms with Gasteiger partial charge in [-0.15, -0.1) is 0 Å². The van der Waals surface area contributed by atoms with Crippen LogP contribution in [0.2, 0.25) is 0 Å². The van der Waals surface area contributed by atoms with Crippen LogP contribution in [0.3, 0.4) is 0 Å². The lowest BCUT2D eigenvalue weighted by Gasteiger charge is -2.48. The van der Waals surface area contributed by atoms with Crippen molar-refractivity contribution in [3.8, 4) is 22.6 Å². The van der Waals surface area contributed by atoms with E-state index in [1.54, 1.807) is 0 Å². The summed E-state index contributed by atoms with van der Waals surface area (Å²) in [7, 11) is 0. The predicted octanol–water partition coefficient (Wildman–Crippen LogP) is 21.0. The van der Waals surface area contributed by atoms with Crippen molar-refractivity contribution in [3.63, 3.8) is 0 Å². The monoisotopic (exact) mass is 1100 g/mol. The van der Waals surface area contributed by atoms with E-state index in [1.165, 1.54) is 50.2 Å². The second-order valence-electron chi connectivity index (χ2n) is 28.0. The zero-order valence-corrected chi connectivity index (χ0v) is 50.7. The minimum Gasteiger partial charge on any atom is -0.456 e. The van der Waals surface area contributed by atoms with E-state index in [0.717, 1.165) is 95.9 Å². The van der Waals surface area contributed by atoms with Crippen molar-refractivity contribution >= 4 is 95.8 Å². The lowest BCUT2D eigenvalue weighted by Crippen LogP contribution is -2.57. The van der Waals surface area contributed by atoms with Crippen LogP contribution in [0.15, 0.2) is 232 Å². The van der Waals surface area contributed by atoms with Gasteiger partial charge in [0, 0.05) is 67.4 Å². The zero-order chi connectivity index (χ0) is 58.2. The van der Waals surface area contributed by atoms with Gasteiger partial charge in [-0.3, -0.25) is 0 Å². The summed E-state index contributed by atoms with van der Waals surface area (Å²) in [6.45, 7) is 28.0. The number of furan rings is 2. The normalized spacial score (nSPS) is 15.3. The Bertz CT molecular complexity index is 4380. The van der Waals surface area contributed by atoms with Gasteiger partial charge in [0.15, 0.2) is 0 Å². The number of benzene rings is 9. The summed E-state index contributed by atoms with van der Waals surface area (Å²) in [5.74, 6) is 2.07. The van der Waals surface area contributed by atoms with Crippen molar-refractivity contribution in [2.45, 2.75) is 106 Å². The van der Waals surface area contributed by atoms with E-state index in [9.17, 15) is 0 Å². The summed E-state index contributed by atoms with van der Waals surface area (Å²) in [5, 5.41) is 4.49. The SMILES string of the molecule is CC(C)(C)c1ccc(N(c2cc3c4c(c2)N(c2ccc(C(C)(C)C)cc2)c2ccc(C(C)(C)C)cc2B4C2=C(C=CC(C(C)(C)C)C2)N3c2ccc(-c3cc4ccccc4o3)cc2)c2ccc3cc(-c4cc5ccccc5o4)ccc3c2)cc1. The quantitative estimate of drug-likeness (QED) is 0.149. The van der Waals surface area contributed by atoms with E-state index in [1.807, 2.05) is 24.3 Å². The molecular formula is C78H74BN3O2. The molecule has 1 atom stereocenters. The Hall–Kier alpha value is -8.74. The van der Waals surface area contributed by atoms with Crippen LogP contribution >= 0.6 is 0 Å². The third-order valence-corrected chi connectivity index (χ3v) is 18.2. The minimum atomic E-state index is -0.0705. The Morgan fingerprint density at radius 2 is 0.940 bits per heavy atom. The lowest BCUT2D eigenvalue weighted by molar-refractivity contribution is 0.291. The van der Waals surface area contributed by atoms with E-state index in [-0.39, 0.29) is 28.4 Å². The number of rotatable bonds is 7. The predicted molar refractivity (Wildman–Crippen MR) is 357 cm³/mol. The van der Waals surface area contributed by atoms with Crippen LogP contribution in [0.5, 0.6) is 0 Å². The van der Waals surface area contributed by atoms with Crippen LogP contribution in [0.25, 0.3) is 55.4 Å². The molecule has 9 aromatic carbocycles. The molecule has 2 aliphatic heterocycles. The summed E-state index contributed by atoms with van der Waals surface area (Å²) in [6.07, 6.45) is 5.91. The molecule has 3 aliphatic rings. The van der Waals surface area contributed by atoms with Gasteiger partial charge < -0.3 is 23.5 Å². The number of anilines is 8. The summed E-state index contributed by atoms with van der Waals surface area (Å²) in [6, 6.07) is 74.6. The third kappa shape index (κ3) is 9.26. The second-order valence-corrected chi connectivity index (χ2v) is 28.0. The number of fused-ring (bicyclic) bond motifs is 6. The first-order valence-electron chi connectivity index (χ1n) is 30.1. The largest absolute Gasteiger partial charge is 0.456 e. The van der Waals surface area contributed by atoms with Gasteiger partial charge in [-0.25, -0.2) is 0 Å². The van der Waals surface area contributed by atoms with Gasteiger partial charge in [0.2, 0.25) is 6.71 Å². The topological polar surface area (TPSA) is 36.0 Å². The molecule has 0 N–H and O–H groups in total.